The molecule has 2 aromatic rings. The van der Waals surface area contributed by atoms with E-state index in [0.717, 1.165) is 11.0 Å². The number of carbonyl (C=O) groups is 1. The van der Waals surface area contributed by atoms with Crippen molar-refractivity contribution < 1.29 is 31.8 Å². The molecule has 1 fully saturated rings. The lowest BCUT2D eigenvalue weighted by atomic mass is 9.96. The van der Waals surface area contributed by atoms with Gasteiger partial charge in [-0.2, -0.15) is 13.2 Å². The molecule has 1 unspecified atom stereocenters. The van der Waals surface area contributed by atoms with Gasteiger partial charge in [-0.15, -0.1) is 0 Å². The minimum Gasteiger partial charge on any atom is -0.497 e. The SMILES string of the molecule is COc1ccc(-c2cc(F)cc(C(=O)N3CCCC(C(F)(F)F)C3)c2)c(OC)c1. The molecule has 1 atom stereocenters. The summed E-state index contributed by atoms with van der Waals surface area (Å²) in [6.07, 6.45) is -4.11. The third kappa shape index (κ3) is 4.63. The molecular weight excluding hydrogens is 390 g/mol. The van der Waals surface area contributed by atoms with E-state index in [-0.39, 0.29) is 24.9 Å². The summed E-state index contributed by atoms with van der Waals surface area (Å²) < 4.78 is 63.9. The normalized spacial score (nSPS) is 17.2. The van der Waals surface area contributed by atoms with Gasteiger partial charge in [0.25, 0.3) is 5.91 Å². The van der Waals surface area contributed by atoms with Crippen molar-refractivity contribution in [3.8, 4) is 22.6 Å². The standard InChI is InChI=1S/C21H21F4NO3/c1-28-17-5-6-18(19(11-17)29-2)13-8-14(10-16(22)9-13)20(27)26-7-3-4-15(12-26)21(23,24)25/h5-6,8-11,15H,3-4,7,12H2,1-2H3. The molecule has 8 heteroatoms. The van der Waals surface area contributed by atoms with E-state index in [0.29, 0.717) is 22.6 Å². The summed E-state index contributed by atoms with van der Waals surface area (Å²) in [5.74, 6) is -1.87. The van der Waals surface area contributed by atoms with E-state index < -0.39 is 30.4 Å². The fraction of sp³-hybridized carbons (Fsp3) is 0.381. The van der Waals surface area contributed by atoms with Crippen molar-refractivity contribution in [1.29, 1.82) is 0 Å². The summed E-state index contributed by atoms with van der Waals surface area (Å²) in [7, 11) is 2.95. The van der Waals surface area contributed by atoms with Crippen molar-refractivity contribution in [1.82, 2.24) is 4.90 Å². The number of hydrogen-bond donors (Lipinski definition) is 0. The summed E-state index contributed by atoms with van der Waals surface area (Å²) in [6, 6.07) is 8.71. The Morgan fingerprint density at radius 3 is 2.52 bits per heavy atom. The van der Waals surface area contributed by atoms with Crippen molar-refractivity contribution in [2.75, 3.05) is 27.3 Å². The average Bonchev–Trinajstić information content (AvgIpc) is 2.71. The van der Waals surface area contributed by atoms with Crippen LogP contribution in [0, 0.1) is 11.7 Å². The lowest BCUT2D eigenvalue weighted by Gasteiger charge is -2.33. The van der Waals surface area contributed by atoms with E-state index in [1.165, 1.54) is 26.4 Å². The first-order chi connectivity index (χ1) is 13.7. The molecule has 4 nitrogen and oxygen atoms in total. The largest absolute Gasteiger partial charge is 0.497 e. The Balaban J connectivity index is 1.92. The van der Waals surface area contributed by atoms with Crippen LogP contribution in [0.2, 0.25) is 0 Å². The molecule has 0 bridgehead atoms. The fourth-order valence-corrected chi connectivity index (χ4v) is 3.52. The van der Waals surface area contributed by atoms with Gasteiger partial charge in [0.15, 0.2) is 0 Å². The number of halogens is 4. The van der Waals surface area contributed by atoms with Gasteiger partial charge in [0.1, 0.15) is 17.3 Å². The zero-order valence-corrected chi connectivity index (χ0v) is 16.1. The van der Waals surface area contributed by atoms with Crippen LogP contribution in [0.4, 0.5) is 17.6 Å². The fourth-order valence-electron chi connectivity index (χ4n) is 3.52. The zero-order valence-electron chi connectivity index (χ0n) is 16.1. The molecular formula is C21H21F4NO3. The van der Waals surface area contributed by atoms with Crippen molar-refractivity contribution in [3.05, 3.63) is 47.8 Å². The highest BCUT2D eigenvalue weighted by atomic mass is 19.4. The summed E-state index contributed by atoms with van der Waals surface area (Å²) in [6.45, 7) is -0.205. The number of hydrogen-bond acceptors (Lipinski definition) is 3. The van der Waals surface area contributed by atoms with Crippen LogP contribution in [-0.2, 0) is 0 Å². The number of likely N-dealkylation sites (tertiary alicyclic amines) is 1. The van der Waals surface area contributed by atoms with Gasteiger partial charge < -0.3 is 14.4 Å². The van der Waals surface area contributed by atoms with Crippen LogP contribution >= 0.6 is 0 Å². The van der Waals surface area contributed by atoms with Crippen molar-refractivity contribution in [2.24, 2.45) is 5.92 Å². The zero-order chi connectivity index (χ0) is 21.2. The minimum absolute atomic E-state index is 0.000644. The summed E-state index contributed by atoms with van der Waals surface area (Å²) in [4.78, 5) is 13.9. The number of alkyl halides is 3. The molecule has 1 amide bonds. The van der Waals surface area contributed by atoms with Crippen LogP contribution in [0.5, 0.6) is 11.5 Å². The lowest BCUT2D eigenvalue weighted by Crippen LogP contribution is -2.44. The first kappa shape index (κ1) is 21.0. The second-order valence-corrected chi connectivity index (χ2v) is 6.93. The lowest BCUT2D eigenvalue weighted by molar-refractivity contribution is -0.184. The molecule has 0 N–H and O–H groups in total. The molecule has 3 rings (SSSR count). The van der Waals surface area contributed by atoms with Gasteiger partial charge in [-0.25, -0.2) is 4.39 Å². The van der Waals surface area contributed by atoms with Crippen LogP contribution in [0.25, 0.3) is 11.1 Å². The third-order valence-electron chi connectivity index (χ3n) is 5.04. The Labute approximate surface area is 166 Å². The molecule has 1 heterocycles. The maximum Gasteiger partial charge on any atom is 0.393 e. The van der Waals surface area contributed by atoms with E-state index in [1.54, 1.807) is 18.2 Å². The predicted molar refractivity (Wildman–Crippen MR) is 99.6 cm³/mol. The Morgan fingerprint density at radius 1 is 1.10 bits per heavy atom. The summed E-state index contributed by atoms with van der Waals surface area (Å²) in [5, 5.41) is 0. The van der Waals surface area contributed by atoms with Gasteiger partial charge in [-0.1, -0.05) is 0 Å². The molecule has 0 aliphatic carbocycles. The van der Waals surface area contributed by atoms with Crippen LogP contribution in [0.3, 0.4) is 0 Å². The Bertz CT molecular complexity index is 898. The van der Waals surface area contributed by atoms with Crippen LogP contribution in [0.15, 0.2) is 36.4 Å². The van der Waals surface area contributed by atoms with E-state index in [1.807, 2.05) is 0 Å². The van der Waals surface area contributed by atoms with Gasteiger partial charge >= 0.3 is 6.18 Å². The molecule has 1 aliphatic rings. The first-order valence-corrected chi connectivity index (χ1v) is 9.12. The van der Waals surface area contributed by atoms with Gasteiger partial charge in [0.05, 0.1) is 20.1 Å². The number of benzene rings is 2. The Morgan fingerprint density at radius 2 is 1.86 bits per heavy atom. The van der Waals surface area contributed by atoms with Crippen molar-refractivity contribution >= 4 is 5.91 Å². The molecule has 0 spiro atoms. The third-order valence-corrected chi connectivity index (χ3v) is 5.04. The van der Waals surface area contributed by atoms with E-state index in [4.69, 9.17) is 9.47 Å². The van der Waals surface area contributed by atoms with Crippen molar-refractivity contribution in [2.45, 2.75) is 19.0 Å². The maximum absolute atomic E-state index is 14.3. The van der Waals surface area contributed by atoms with E-state index >= 15 is 0 Å². The average molecular weight is 411 g/mol. The van der Waals surface area contributed by atoms with E-state index in [9.17, 15) is 22.4 Å². The second-order valence-electron chi connectivity index (χ2n) is 6.93. The van der Waals surface area contributed by atoms with Gasteiger partial charge in [0, 0.05) is 30.3 Å². The monoisotopic (exact) mass is 411 g/mol. The number of piperidine rings is 1. The molecule has 156 valence electrons. The first-order valence-electron chi connectivity index (χ1n) is 9.12. The summed E-state index contributed by atoms with van der Waals surface area (Å²) >= 11 is 0. The number of rotatable bonds is 4. The number of amides is 1. The Kier molecular flexibility index (Phi) is 6.00. The number of carbonyl (C=O) groups excluding carboxylic acids is 1. The van der Waals surface area contributed by atoms with Crippen LogP contribution in [-0.4, -0.2) is 44.3 Å². The minimum atomic E-state index is -4.36. The highest BCUT2D eigenvalue weighted by Crippen LogP contribution is 2.36. The van der Waals surface area contributed by atoms with Gasteiger partial charge in [-0.05, 0) is 48.7 Å². The predicted octanol–water partition coefficient (Wildman–Crippen LogP) is 4.92. The topological polar surface area (TPSA) is 38.8 Å². The molecule has 29 heavy (non-hydrogen) atoms. The molecule has 0 radical (unpaired) electrons. The highest BCUT2D eigenvalue weighted by Gasteiger charge is 2.42. The second kappa shape index (κ2) is 8.31. The van der Waals surface area contributed by atoms with Crippen LogP contribution < -0.4 is 9.47 Å². The quantitative estimate of drug-likeness (QED) is 0.670. The molecule has 2 aromatic carbocycles. The number of methoxy groups -OCH3 is 2. The number of nitrogens with zero attached hydrogens (tertiary/aromatic N) is 1. The van der Waals surface area contributed by atoms with E-state index in [2.05, 4.69) is 0 Å². The smallest absolute Gasteiger partial charge is 0.393 e. The maximum atomic E-state index is 14.3. The molecule has 1 saturated heterocycles. The molecule has 0 saturated carbocycles. The van der Waals surface area contributed by atoms with Gasteiger partial charge in [0.2, 0.25) is 0 Å². The molecule has 0 aromatic heterocycles. The summed E-state index contributed by atoms with van der Waals surface area (Å²) in [5.41, 5.74) is 0.923. The van der Waals surface area contributed by atoms with Crippen LogP contribution in [0.1, 0.15) is 23.2 Å². The van der Waals surface area contributed by atoms with Crippen molar-refractivity contribution in [3.63, 3.8) is 0 Å². The Hall–Kier alpha value is -2.77. The number of ether oxygens (including phenoxy) is 2. The highest BCUT2D eigenvalue weighted by molar-refractivity contribution is 5.96. The van der Waals surface area contributed by atoms with Gasteiger partial charge in [-0.3, -0.25) is 4.79 Å². The molecule has 1 aliphatic heterocycles.